The van der Waals surface area contributed by atoms with Gasteiger partial charge < -0.3 is 4.57 Å². The van der Waals surface area contributed by atoms with E-state index in [1.54, 1.807) is 12.1 Å². The Labute approximate surface area is 170 Å². The van der Waals surface area contributed by atoms with Crippen LogP contribution in [0.4, 0.5) is 5.69 Å². The number of halogens is 3. The molecule has 0 saturated heterocycles. The number of nitrogens with one attached hydrogen (secondary N) is 1. The quantitative estimate of drug-likeness (QED) is 0.258. The lowest BCUT2D eigenvalue weighted by Gasteiger charge is -2.09. The summed E-state index contributed by atoms with van der Waals surface area (Å²) in [5, 5.41) is 5.34. The summed E-state index contributed by atoms with van der Waals surface area (Å²) < 4.78 is 3.44. The molecular weight excluding hydrogens is 468 g/mol. The lowest BCUT2D eigenvalue weighted by Crippen LogP contribution is -1.99. The summed E-state index contributed by atoms with van der Waals surface area (Å²) in [6.07, 6.45) is 1.81. The Bertz CT molecular complexity index is 931. The molecule has 0 fully saturated rings. The summed E-state index contributed by atoms with van der Waals surface area (Å²) in [6, 6.07) is 15.9. The van der Waals surface area contributed by atoms with Crippen LogP contribution in [0.25, 0.3) is 5.69 Å². The van der Waals surface area contributed by atoms with E-state index in [-0.39, 0.29) is 0 Å². The van der Waals surface area contributed by atoms with Crippen molar-refractivity contribution in [3.8, 4) is 5.69 Å². The van der Waals surface area contributed by atoms with E-state index < -0.39 is 0 Å². The predicted octanol–water partition coefficient (Wildman–Crippen LogP) is 6.45. The molecule has 0 radical (unpaired) electrons. The lowest BCUT2D eigenvalue weighted by atomic mass is 10.2. The molecular formula is C19H16Cl2IN3. The highest BCUT2D eigenvalue weighted by Crippen LogP contribution is 2.25. The smallest absolute Gasteiger partial charge is 0.0613 e. The van der Waals surface area contributed by atoms with Crippen LogP contribution in [0.2, 0.25) is 10.0 Å². The molecule has 0 amide bonds. The van der Waals surface area contributed by atoms with Gasteiger partial charge in [0.1, 0.15) is 0 Å². The second kappa shape index (κ2) is 7.81. The topological polar surface area (TPSA) is 29.3 Å². The maximum absolute atomic E-state index is 6.01. The minimum Gasteiger partial charge on any atom is -0.318 e. The number of hydrazone groups is 1. The second-order valence-corrected chi connectivity index (χ2v) is 7.70. The maximum atomic E-state index is 6.01. The minimum atomic E-state index is 0.499. The molecule has 0 aliphatic heterocycles. The third kappa shape index (κ3) is 4.19. The Kier molecular flexibility index (Phi) is 5.71. The molecule has 25 heavy (non-hydrogen) atoms. The first-order valence-electron chi connectivity index (χ1n) is 7.64. The number of hydrogen-bond donors (Lipinski definition) is 1. The number of rotatable bonds is 4. The number of hydrogen-bond acceptors (Lipinski definition) is 2. The Hall–Kier alpha value is -1.50. The summed E-state index contributed by atoms with van der Waals surface area (Å²) in [7, 11) is 0. The fraction of sp³-hybridized carbons (Fsp3) is 0.105. The van der Waals surface area contributed by atoms with Crippen LogP contribution in [0.1, 0.15) is 17.0 Å². The zero-order valence-corrected chi connectivity index (χ0v) is 17.4. The van der Waals surface area contributed by atoms with Gasteiger partial charge >= 0.3 is 0 Å². The summed E-state index contributed by atoms with van der Waals surface area (Å²) in [4.78, 5) is 0. The zero-order chi connectivity index (χ0) is 18.0. The van der Waals surface area contributed by atoms with E-state index in [2.05, 4.69) is 81.9 Å². The van der Waals surface area contributed by atoms with Gasteiger partial charge in [0.05, 0.1) is 21.9 Å². The van der Waals surface area contributed by atoms with E-state index in [1.165, 1.54) is 3.57 Å². The van der Waals surface area contributed by atoms with Gasteiger partial charge in [-0.05, 0) is 85.0 Å². The summed E-state index contributed by atoms with van der Waals surface area (Å²) in [5.74, 6) is 0. The zero-order valence-electron chi connectivity index (χ0n) is 13.7. The summed E-state index contributed by atoms with van der Waals surface area (Å²) in [6.45, 7) is 4.18. The first-order chi connectivity index (χ1) is 12.0. The Balaban J connectivity index is 1.82. The molecule has 3 nitrogen and oxygen atoms in total. The van der Waals surface area contributed by atoms with Gasteiger partial charge in [0.2, 0.25) is 0 Å². The molecule has 0 saturated carbocycles. The van der Waals surface area contributed by atoms with Gasteiger partial charge in [0.15, 0.2) is 0 Å². The molecule has 128 valence electrons. The van der Waals surface area contributed by atoms with Crippen LogP contribution in [0.15, 0.2) is 53.6 Å². The molecule has 0 aliphatic carbocycles. The van der Waals surface area contributed by atoms with Gasteiger partial charge in [-0.3, -0.25) is 5.43 Å². The van der Waals surface area contributed by atoms with Crippen molar-refractivity contribution in [2.24, 2.45) is 5.10 Å². The fourth-order valence-corrected chi connectivity index (χ4v) is 3.31. The SMILES string of the molecule is Cc1cc(/C=N\Nc2ccc(Cl)c(Cl)c2)c(C)n1-c1ccc(I)cc1. The number of aryl methyl sites for hydroxylation is 1. The van der Waals surface area contributed by atoms with Crippen LogP contribution in [0.3, 0.4) is 0 Å². The van der Waals surface area contributed by atoms with Crippen molar-refractivity contribution in [1.82, 2.24) is 4.57 Å². The van der Waals surface area contributed by atoms with Crippen LogP contribution in [0.5, 0.6) is 0 Å². The van der Waals surface area contributed by atoms with Gasteiger partial charge in [-0.1, -0.05) is 23.2 Å². The third-order valence-electron chi connectivity index (χ3n) is 3.87. The van der Waals surface area contributed by atoms with Crippen molar-refractivity contribution in [1.29, 1.82) is 0 Å². The molecule has 3 rings (SSSR count). The molecule has 0 bridgehead atoms. The molecule has 0 unspecified atom stereocenters. The Morgan fingerprint density at radius 1 is 1.00 bits per heavy atom. The number of anilines is 1. The monoisotopic (exact) mass is 483 g/mol. The minimum absolute atomic E-state index is 0.499. The first-order valence-corrected chi connectivity index (χ1v) is 9.48. The van der Waals surface area contributed by atoms with Gasteiger partial charge in [0.25, 0.3) is 0 Å². The van der Waals surface area contributed by atoms with Crippen LogP contribution >= 0.6 is 45.8 Å². The van der Waals surface area contributed by atoms with Crippen molar-refractivity contribution < 1.29 is 0 Å². The lowest BCUT2D eigenvalue weighted by molar-refractivity contribution is 0.964. The predicted molar refractivity (Wildman–Crippen MR) is 116 cm³/mol. The third-order valence-corrected chi connectivity index (χ3v) is 5.33. The second-order valence-electron chi connectivity index (χ2n) is 5.64. The molecule has 1 N–H and O–H groups in total. The standard InChI is InChI=1S/C19H16Cl2IN3/c1-12-9-14(11-23-24-16-5-8-18(20)19(21)10-16)13(2)25(12)17-6-3-15(22)4-7-17/h3-11,24H,1-2H3/b23-11-. The first kappa shape index (κ1) is 18.3. The molecule has 0 atom stereocenters. The molecule has 2 aromatic carbocycles. The van der Waals surface area contributed by atoms with Crippen molar-refractivity contribution in [2.75, 3.05) is 5.43 Å². The molecule has 6 heteroatoms. The highest BCUT2D eigenvalue weighted by Gasteiger charge is 2.09. The fourth-order valence-electron chi connectivity index (χ4n) is 2.65. The van der Waals surface area contributed by atoms with Crippen molar-refractivity contribution in [3.63, 3.8) is 0 Å². The average molecular weight is 484 g/mol. The number of benzene rings is 2. The Morgan fingerprint density at radius 3 is 2.40 bits per heavy atom. The van der Waals surface area contributed by atoms with Crippen LogP contribution in [0, 0.1) is 17.4 Å². The average Bonchev–Trinajstić information content (AvgIpc) is 2.86. The molecule has 0 aliphatic rings. The van der Waals surface area contributed by atoms with Crippen LogP contribution < -0.4 is 5.43 Å². The molecule has 1 aromatic heterocycles. The molecule has 3 aromatic rings. The van der Waals surface area contributed by atoms with Gasteiger partial charge in [0, 0.05) is 26.2 Å². The van der Waals surface area contributed by atoms with Crippen LogP contribution in [-0.2, 0) is 0 Å². The largest absolute Gasteiger partial charge is 0.318 e. The van der Waals surface area contributed by atoms with E-state index in [0.717, 1.165) is 28.3 Å². The van der Waals surface area contributed by atoms with Crippen molar-refractivity contribution in [2.45, 2.75) is 13.8 Å². The number of nitrogens with zero attached hydrogens (tertiary/aromatic N) is 2. The number of aromatic nitrogens is 1. The molecule has 1 heterocycles. The summed E-state index contributed by atoms with van der Waals surface area (Å²) >= 11 is 14.2. The maximum Gasteiger partial charge on any atom is 0.0613 e. The van der Waals surface area contributed by atoms with E-state index in [1.807, 2.05) is 12.3 Å². The Morgan fingerprint density at radius 2 is 1.72 bits per heavy atom. The highest BCUT2D eigenvalue weighted by molar-refractivity contribution is 14.1. The van der Waals surface area contributed by atoms with Gasteiger partial charge in [-0.25, -0.2) is 0 Å². The van der Waals surface area contributed by atoms with E-state index in [9.17, 15) is 0 Å². The van der Waals surface area contributed by atoms with Crippen LogP contribution in [-0.4, -0.2) is 10.8 Å². The van der Waals surface area contributed by atoms with Crippen molar-refractivity contribution >= 4 is 57.7 Å². The van der Waals surface area contributed by atoms with E-state index in [0.29, 0.717) is 10.0 Å². The normalized spacial score (nSPS) is 11.2. The van der Waals surface area contributed by atoms with Crippen molar-refractivity contribution in [3.05, 3.63) is 79.1 Å². The summed E-state index contributed by atoms with van der Waals surface area (Å²) in [5.41, 5.74) is 8.27. The van der Waals surface area contributed by atoms with E-state index in [4.69, 9.17) is 23.2 Å². The van der Waals surface area contributed by atoms with Gasteiger partial charge in [-0.2, -0.15) is 5.10 Å². The highest BCUT2D eigenvalue weighted by atomic mass is 127. The molecule has 0 spiro atoms. The van der Waals surface area contributed by atoms with Gasteiger partial charge in [-0.15, -0.1) is 0 Å². The van der Waals surface area contributed by atoms with E-state index >= 15 is 0 Å².